The van der Waals surface area contributed by atoms with Crippen molar-refractivity contribution in [1.29, 1.82) is 0 Å². The number of anilines is 2. The van der Waals surface area contributed by atoms with E-state index in [-0.39, 0.29) is 6.04 Å². The summed E-state index contributed by atoms with van der Waals surface area (Å²) in [5.41, 5.74) is 7.62. The minimum Gasteiger partial charge on any atom is -0.383 e. The first-order valence-electron chi connectivity index (χ1n) is 9.81. The zero-order valence-electron chi connectivity index (χ0n) is 16.9. The topological polar surface area (TPSA) is 135 Å². The zero-order valence-corrected chi connectivity index (χ0v) is 16.9. The molecule has 2 amide bonds. The summed E-state index contributed by atoms with van der Waals surface area (Å²) < 4.78 is 1.67. The number of carbonyl (C=O) groups is 2. The molecule has 1 fully saturated rings. The lowest BCUT2D eigenvalue weighted by Crippen LogP contribution is -2.46. The molecule has 0 unspecified atom stereocenters. The van der Waals surface area contributed by atoms with Crippen molar-refractivity contribution in [2.75, 3.05) is 17.6 Å². The number of hydrogen-bond donors (Lipinski definition) is 3. The summed E-state index contributed by atoms with van der Waals surface area (Å²) in [6.07, 6.45) is 6.59. The largest absolute Gasteiger partial charge is 0.383 e. The highest BCUT2D eigenvalue weighted by Gasteiger charge is 2.35. The molecular formula is C20H24N8O2. The van der Waals surface area contributed by atoms with Crippen molar-refractivity contribution in [1.82, 2.24) is 29.9 Å². The summed E-state index contributed by atoms with van der Waals surface area (Å²) in [5.74, 6) is 0.127. The van der Waals surface area contributed by atoms with Gasteiger partial charge in [0, 0.05) is 18.8 Å². The summed E-state index contributed by atoms with van der Waals surface area (Å²) in [6.45, 7) is 4.36. The quantitative estimate of drug-likeness (QED) is 0.566. The Morgan fingerprint density at radius 2 is 2.13 bits per heavy atom. The third kappa shape index (κ3) is 3.88. The molecular weight excluding hydrogens is 384 g/mol. The molecule has 0 bridgehead atoms. The van der Waals surface area contributed by atoms with E-state index < -0.39 is 11.8 Å². The number of hydrogen-bond acceptors (Lipinski definition) is 6. The van der Waals surface area contributed by atoms with Crippen molar-refractivity contribution in [2.24, 2.45) is 5.92 Å². The van der Waals surface area contributed by atoms with Gasteiger partial charge >= 0.3 is 11.8 Å². The van der Waals surface area contributed by atoms with Crippen LogP contribution in [0.3, 0.4) is 0 Å². The Morgan fingerprint density at radius 1 is 1.30 bits per heavy atom. The lowest BCUT2D eigenvalue weighted by molar-refractivity contribution is -0.146. The predicted octanol–water partition coefficient (Wildman–Crippen LogP) is 1.82. The Kier molecular flexibility index (Phi) is 5.21. The molecule has 4 N–H and O–H groups in total. The molecule has 0 saturated carbocycles. The highest BCUT2D eigenvalue weighted by Crippen LogP contribution is 2.33. The van der Waals surface area contributed by atoms with E-state index >= 15 is 0 Å². The van der Waals surface area contributed by atoms with Gasteiger partial charge in [-0.25, -0.2) is 9.67 Å². The van der Waals surface area contributed by atoms with Crippen LogP contribution in [0.2, 0.25) is 0 Å². The Bertz CT molecular complexity index is 1060. The molecule has 3 aromatic heterocycles. The molecule has 10 heteroatoms. The van der Waals surface area contributed by atoms with Gasteiger partial charge in [-0.2, -0.15) is 10.2 Å². The Labute approximate surface area is 173 Å². The van der Waals surface area contributed by atoms with Gasteiger partial charge in [0.25, 0.3) is 0 Å². The number of rotatable bonds is 3. The number of nitrogens with two attached hydrogens (primary N) is 1. The molecule has 3 aromatic rings. The summed E-state index contributed by atoms with van der Waals surface area (Å²) in [6, 6.07) is 5.09. The van der Waals surface area contributed by atoms with Gasteiger partial charge in [0.1, 0.15) is 11.6 Å². The van der Waals surface area contributed by atoms with Crippen molar-refractivity contribution in [3.63, 3.8) is 0 Å². The number of likely N-dealkylation sites (tertiary alicyclic amines) is 1. The van der Waals surface area contributed by atoms with Crippen LogP contribution in [0.5, 0.6) is 0 Å². The molecule has 30 heavy (non-hydrogen) atoms. The molecule has 0 aliphatic carbocycles. The number of nitrogens with zero attached hydrogens (tertiary/aromatic N) is 5. The molecule has 156 valence electrons. The molecule has 10 nitrogen and oxygen atoms in total. The minimum absolute atomic E-state index is 0.269. The van der Waals surface area contributed by atoms with Crippen LogP contribution in [-0.4, -0.2) is 48.2 Å². The summed E-state index contributed by atoms with van der Waals surface area (Å²) in [7, 11) is 0. The van der Waals surface area contributed by atoms with Crippen LogP contribution in [0.25, 0.3) is 5.82 Å². The number of nitrogens with one attached hydrogen (secondary N) is 2. The number of piperidine rings is 1. The van der Waals surface area contributed by atoms with E-state index in [0.717, 1.165) is 29.9 Å². The van der Waals surface area contributed by atoms with E-state index in [9.17, 15) is 9.59 Å². The number of aromatic nitrogens is 5. The normalized spacial score (nSPS) is 18.9. The van der Waals surface area contributed by atoms with Gasteiger partial charge in [-0.15, -0.1) is 0 Å². The maximum Gasteiger partial charge on any atom is 0.313 e. The molecule has 2 atom stereocenters. The SMILES string of the molecule is Cc1cc(NC(=O)C(=O)N2C[C@@H](C)CC[C@@H]2c2ccn(-c3ccn[nH]3)n2)cnc1N. The Balaban J connectivity index is 1.54. The highest BCUT2D eigenvalue weighted by atomic mass is 16.2. The maximum absolute atomic E-state index is 13.0. The minimum atomic E-state index is -0.701. The van der Waals surface area contributed by atoms with Gasteiger partial charge in [-0.05, 0) is 43.4 Å². The third-order valence-corrected chi connectivity index (χ3v) is 5.33. The average molecular weight is 408 g/mol. The number of aryl methyl sites for hydroxylation is 1. The number of pyridine rings is 1. The van der Waals surface area contributed by atoms with Crippen molar-refractivity contribution in [3.8, 4) is 5.82 Å². The second kappa shape index (κ2) is 7.97. The van der Waals surface area contributed by atoms with Crippen molar-refractivity contribution in [2.45, 2.75) is 32.7 Å². The fraction of sp³-hybridized carbons (Fsp3) is 0.350. The molecule has 1 saturated heterocycles. The number of amides is 2. The van der Waals surface area contributed by atoms with Crippen molar-refractivity contribution in [3.05, 3.63) is 48.0 Å². The van der Waals surface area contributed by atoms with Gasteiger partial charge in [-0.1, -0.05) is 6.92 Å². The molecule has 0 spiro atoms. The first-order chi connectivity index (χ1) is 14.4. The third-order valence-electron chi connectivity index (χ3n) is 5.33. The van der Waals surface area contributed by atoms with E-state index in [1.165, 1.54) is 6.20 Å². The fourth-order valence-corrected chi connectivity index (χ4v) is 3.68. The fourth-order valence-electron chi connectivity index (χ4n) is 3.68. The van der Waals surface area contributed by atoms with Gasteiger partial charge in [0.2, 0.25) is 0 Å². The summed E-state index contributed by atoms with van der Waals surface area (Å²) in [4.78, 5) is 31.4. The number of H-pyrrole nitrogens is 1. The van der Waals surface area contributed by atoms with E-state index in [4.69, 9.17) is 5.73 Å². The molecule has 0 aromatic carbocycles. The first-order valence-corrected chi connectivity index (χ1v) is 9.81. The average Bonchev–Trinajstić information content (AvgIpc) is 3.42. The van der Waals surface area contributed by atoms with Crippen LogP contribution in [0, 0.1) is 12.8 Å². The molecule has 4 rings (SSSR count). The van der Waals surface area contributed by atoms with E-state index in [1.54, 1.807) is 34.8 Å². The summed E-state index contributed by atoms with van der Waals surface area (Å²) in [5, 5.41) is 14.0. The second-order valence-corrected chi connectivity index (χ2v) is 7.66. The van der Waals surface area contributed by atoms with Gasteiger partial charge < -0.3 is 16.0 Å². The van der Waals surface area contributed by atoms with E-state index in [2.05, 4.69) is 32.5 Å². The van der Waals surface area contributed by atoms with Crippen molar-refractivity contribution < 1.29 is 9.59 Å². The van der Waals surface area contributed by atoms with Crippen LogP contribution < -0.4 is 11.1 Å². The number of aromatic amines is 1. The van der Waals surface area contributed by atoms with Crippen LogP contribution in [0.4, 0.5) is 11.5 Å². The van der Waals surface area contributed by atoms with Gasteiger partial charge in [0.15, 0.2) is 0 Å². The van der Waals surface area contributed by atoms with Gasteiger partial charge in [-0.3, -0.25) is 14.7 Å². The molecule has 1 aliphatic rings. The molecule has 1 aliphatic heterocycles. The second-order valence-electron chi connectivity index (χ2n) is 7.66. The highest BCUT2D eigenvalue weighted by molar-refractivity contribution is 6.39. The molecule has 0 radical (unpaired) electrons. The number of nitrogen functional groups attached to an aromatic ring is 1. The lowest BCUT2D eigenvalue weighted by atomic mass is 9.92. The van der Waals surface area contributed by atoms with Gasteiger partial charge in [0.05, 0.1) is 29.8 Å². The van der Waals surface area contributed by atoms with Crippen molar-refractivity contribution >= 4 is 23.3 Å². The predicted molar refractivity (Wildman–Crippen MR) is 111 cm³/mol. The Hall–Kier alpha value is -3.69. The smallest absolute Gasteiger partial charge is 0.313 e. The van der Waals surface area contributed by atoms with Crippen LogP contribution in [0.1, 0.15) is 37.1 Å². The standard InChI is InChI=1S/C20H24N8O2/c1-12-3-4-16(15-6-8-28(26-15)17-5-7-23-25-17)27(11-12)20(30)19(29)24-14-9-13(2)18(21)22-10-14/h5-10,12,16H,3-4,11H2,1-2H3,(H2,21,22)(H,23,25)(H,24,29)/t12-,16+/m0/s1. The first kappa shape index (κ1) is 19.6. The van der Waals surface area contributed by atoms with E-state index in [0.29, 0.717) is 24.0 Å². The van der Waals surface area contributed by atoms with Crippen LogP contribution >= 0.6 is 0 Å². The lowest BCUT2D eigenvalue weighted by Gasteiger charge is -2.37. The monoisotopic (exact) mass is 408 g/mol. The van der Waals surface area contributed by atoms with Crippen LogP contribution in [0.15, 0.2) is 36.8 Å². The maximum atomic E-state index is 13.0. The number of carbonyl (C=O) groups excluding carboxylic acids is 2. The van der Waals surface area contributed by atoms with Crippen LogP contribution in [-0.2, 0) is 9.59 Å². The molecule has 4 heterocycles. The zero-order chi connectivity index (χ0) is 21.3. The Morgan fingerprint density at radius 3 is 2.87 bits per heavy atom. The van der Waals surface area contributed by atoms with E-state index in [1.807, 2.05) is 12.3 Å². The summed E-state index contributed by atoms with van der Waals surface area (Å²) >= 11 is 0.